The van der Waals surface area contributed by atoms with Gasteiger partial charge in [0.1, 0.15) is 0 Å². The van der Waals surface area contributed by atoms with Crippen molar-refractivity contribution in [3.8, 4) is 0 Å². The molecule has 0 saturated heterocycles. The summed E-state index contributed by atoms with van der Waals surface area (Å²) in [7, 11) is -3.40. The van der Waals surface area contributed by atoms with Gasteiger partial charge in [-0.2, -0.15) is 0 Å². The van der Waals surface area contributed by atoms with Gasteiger partial charge in [0.05, 0.1) is 4.90 Å². The second-order valence-electron chi connectivity index (χ2n) is 4.43. The fourth-order valence-electron chi connectivity index (χ4n) is 1.77. The molecule has 3 nitrogen and oxygen atoms in total. The molecule has 0 fully saturated rings. The van der Waals surface area contributed by atoms with Crippen molar-refractivity contribution in [3.05, 3.63) is 28.2 Å². The van der Waals surface area contributed by atoms with Crippen LogP contribution in [0.15, 0.2) is 27.6 Å². The Kier molecular flexibility index (Phi) is 5.82. The molecule has 0 heterocycles. The number of hydrogen-bond donors (Lipinski definition) is 1. The Morgan fingerprint density at radius 3 is 2.50 bits per heavy atom. The van der Waals surface area contributed by atoms with Crippen molar-refractivity contribution >= 4 is 26.0 Å². The third-order valence-corrected chi connectivity index (χ3v) is 5.30. The lowest BCUT2D eigenvalue weighted by molar-refractivity contribution is 0.512. The van der Waals surface area contributed by atoms with Crippen LogP contribution in [0.5, 0.6) is 0 Å². The number of nitrogens with one attached hydrogen (secondary N) is 1. The molecule has 1 aromatic carbocycles. The van der Waals surface area contributed by atoms with Crippen LogP contribution in [0.1, 0.15) is 38.7 Å². The first-order valence-electron chi connectivity index (χ1n) is 6.19. The van der Waals surface area contributed by atoms with Crippen LogP contribution in [-0.2, 0) is 10.0 Å². The van der Waals surface area contributed by atoms with Gasteiger partial charge in [-0.05, 0) is 43.5 Å². The van der Waals surface area contributed by atoms with Crippen molar-refractivity contribution in [3.63, 3.8) is 0 Å². The summed E-state index contributed by atoms with van der Waals surface area (Å²) in [5.74, 6) is 0. The molecule has 0 amide bonds. The molecule has 18 heavy (non-hydrogen) atoms. The molecule has 1 N–H and O–H groups in total. The standard InChI is InChI=1S/C13H20BrNO2S/c1-4-6-11(5-2)15-18(16,17)12-7-8-13(14)10(3)9-12/h7-9,11,15H,4-6H2,1-3H3. The molecule has 1 rings (SSSR count). The second-order valence-corrected chi connectivity index (χ2v) is 6.99. The largest absolute Gasteiger partial charge is 0.240 e. The van der Waals surface area contributed by atoms with E-state index in [0.717, 1.165) is 29.3 Å². The summed E-state index contributed by atoms with van der Waals surface area (Å²) in [5.41, 5.74) is 0.918. The topological polar surface area (TPSA) is 46.2 Å². The van der Waals surface area contributed by atoms with Crippen LogP contribution in [0.3, 0.4) is 0 Å². The summed E-state index contributed by atoms with van der Waals surface area (Å²) >= 11 is 3.37. The highest BCUT2D eigenvalue weighted by atomic mass is 79.9. The fraction of sp³-hybridized carbons (Fsp3) is 0.538. The van der Waals surface area contributed by atoms with Gasteiger partial charge in [0.15, 0.2) is 0 Å². The number of benzene rings is 1. The van der Waals surface area contributed by atoms with E-state index in [9.17, 15) is 8.42 Å². The Labute approximate surface area is 118 Å². The van der Waals surface area contributed by atoms with Crippen LogP contribution in [0, 0.1) is 6.92 Å². The van der Waals surface area contributed by atoms with Crippen molar-refractivity contribution in [2.75, 3.05) is 0 Å². The zero-order valence-electron chi connectivity index (χ0n) is 11.0. The highest BCUT2D eigenvalue weighted by Gasteiger charge is 2.18. The van der Waals surface area contributed by atoms with Crippen LogP contribution in [0.4, 0.5) is 0 Å². The lowest BCUT2D eigenvalue weighted by atomic mass is 10.1. The van der Waals surface area contributed by atoms with E-state index in [1.807, 2.05) is 13.8 Å². The van der Waals surface area contributed by atoms with Crippen LogP contribution in [0.25, 0.3) is 0 Å². The molecule has 0 aliphatic carbocycles. The molecule has 5 heteroatoms. The van der Waals surface area contributed by atoms with Crippen LogP contribution < -0.4 is 4.72 Å². The summed E-state index contributed by atoms with van der Waals surface area (Å²) < 4.78 is 28.1. The summed E-state index contributed by atoms with van der Waals surface area (Å²) in [6.07, 6.45) is 2.65. The quantitative estimate of drug-likeness (QED) is 0.864. The average molecular weight is 334 g/mol. The Balaban J connectivity index is 2.95. The predicted molar refractivity (Wildman–Crippen MR) is 78.2 cm³/mol. The van der Waals surface area contributed by atoms with E-state index < -0.39 is 10.0 Å². The molecule has 0 bridgehead atoms. The molecule has 0 spiro atoms. The van der Waals surface area contributed by atoms with Crippen LogP contribution >= 0.6 is 15.9 Å². The van der Waals surface area contributed by atoms with Crippen LogP contribution in [0.2, 0.25) is 0 Å². The van der Waals surface area contributed by atoms with Gasteiger partial charge in [-0.1, -0.05) is 36.2 Å². The number of halogens is 1. The zero-order valence-corrected chi connectivity index (χ0v) is 13.4. The molecular weight excluding hydrogens is 314 g/mol. The average Bonchev–Trinajstić information content (AvgIpc) is 2.31. The van der Waals surface area contributed by atoms with E-state index in [1.165, 1.54) is 0 Å². The minimum atomic E-state index is -3.40. The van der Waals surface area contributed by atoms with Gasteiger partial charge in [-0.25, -0.2) is 13.1 Å². The van der Waals surface area contributed by atoms with E-state index in [1.54, 1.807) is 18.2 Å². The van der Waals surface area contributed by atoms with Crippen molar-refractivity contribution in [1.29, 1.82) is 0 Å². The first-order chi connectivity index (χ1) is 8.40. The number of hydrogen-bond acceptors (Lipinski definition) is 2. The first-order valence-corrected chi connectivity index (χ1v) is 8.46. The molecule has 1 unspecified atom stereocenters. The summed E-state index contributed by atoms with van der Waals surface area (Å²) in [6, 6.07) is 5.09. The molecule has 0 radical (unpaired) electrons. The molecule has 1 aromatic rings. The second kappa shape index (κ2) is 6.68. The maximum atomic E-state index is 12.2. The minimum absolute atomic E-state index is 0.0175. The predicted octanol–water partition coefficient (Wildman–Crippen LogP) is 3.61. The van der Waals surface area contributed by atoms with Gasteiger partial charge in [-0.15, -0.1) is 0 Å². The van der Waals surface area contributed by atoms with E-state index in [-0.39, 0.29) is 6.04 Å². The molecule has 0 aliphatic heterocycles. The fourth-order valence-corrected chi connectivity index (χ4v) is 3.45. The maximum Gasteiger partial charge on any atom is 0.240 e. The van der Waals surface area contributed by atoms with E-state index in [0.29, 0.717) is 4.90 Å². The van der Waals surface area contributed by atoms with Crippen molar-refractivity contribution in [2.45, 2.75) is 51.0 Å². The third-order valence-electron chi connectivity index (χ3n) is 2.89. The van der Waals surface area contributed by atoms with Gasteiger partial charge in [0, 0.05) is 10.5 Å². The lowest BCUT2D eigenvalue weighted by Crippen LogP contribution is -2.34. The number of rotatable bonds is 6. The molecule has 102 valence electrons. The first kappa shape index (κ1) is 15.7. The summed E-state index contributed by atoms with van der Waals surface area (Å²) in [5, 5.41) is 0. The maximum absolute atomic E-state index is 12.2. The van der Waals surface area contributed by atoms with Gasteiger partial charge in [0.2, 0.25) is 10.0 Å². The normalized spacial score (nSPS) is 13.6. The molecule has 0 saturated carbocycles. The Hall–Kier alpha value is -0.390. The highest BCUT2D eigenvalue weighted by Crippen LogP contribution is 2.20. The van der Waals surface area contributed by atoms with E-state index in [2.05, 4.69) is 27.6 Å². The SMILES string of the molecule is CCCC(CC)NS(=O)(=O)c1ccc(Br)c(C)c1. The van der Waals surface area contributed by atoms with Crippen molar-refractivity contribution in [1.82, 2.24) is 4.72 Å². The monoisotopic (exact) mass is 333 g/mol. The molecule has 0 aromatic heterocycles. The van der Waals surface area contributed by atoms with Gasteiger partial charge in [-0.3, -0.25) is 0 Å². The van der Waals surface area contributed by atoms with E-state index >= 15 is 0 Å². The molecule has 1 atom stereocenters. The van der Waals surface area contributed by atoms with Crippen molar-refractivity contribution < 1.29 is 8.42 Å². The van der Waals surface area contributed by atoms with Crippen LogP contribution in [-0.4, -0.2) is 14.5 Å². The van der Waals surface area contributed by atoms with Gasteiger partial charge >= 0.3 is 0 Å². The summed E-state index contributed by atoms with van der Waals surface area (Å²) in [6.45, 7) is 5.93. The summed E-state index contributed by atoms with van der Waals surface area (Å²) in [4.78, 5) is 0.331. The Morgan fingerprint density at radius 2 is 2.00 bits per heavy atom. The van der Waals surface area contributed by atoms with E-state index in [4.69, 9.17) is 0 Å². The third kappa shape index (κ3) is 4.07. The highest BCUT2D eigenvalue weighted by molar-refractivity contribution is 9.10. The van der Waals surface area contributed by atoms with Crippen molar-refractivity contribution in [2.24, 2.45) is 0 Å². The zero-order chi connectivity index (χ0) is 13.8. The molecule has 0 aliphatic rings. The number of aryl methyl sites for hydroxylation is 1. The Morgan fingerprint density at radius 1 is 1.33 bits per heavy atom. The Bertz CT molecular complexity index is 500. The smallest absolute Gasteiger partial charge is 0.208 e. The number of sulfonamides is 1. The molecular formula is C13H20BrNO2S. The van der Waals surface area contributed by atoms with Gasteiger partial charge in [0.25, 0.3) is 0 Å². The van der Waals surface area contributed by atoms with Gasteiger partial charge < -0.3 is 0 Å². The lowest BCUT2D eigenvalue weighted by Gasteiger charge is -2.16. The minimum Gasteiger partial charge on any atom is -0.208 e.